The number of hydrogen-bond donors (Lipinski definition) is 1. The predicted octanol–water partition coefficient (Wildman–Crippen LogP) is 3.90. The van der Waals surface area contributed by atoms with Crippen LogP contribution in [0.15, 0.2) is 28.7 Å². The topological polar surface area (TPSA) is 26.0 Å². The summed E-state index contributed by atoms with van der Waals surface area (Å²) in [4.78, 5) is 0. The van der Waals surface area contributed by atoms with Crippen LogP contribution >= 0.6 is 15.9 Å². The van der Waals surface area contributed by atoms with E-state index < -0.39 is 0 Å². The van der Waals surface area contributed by atoms with Crippen LogP contribution in [0.25, 0.3) is 0 Å². The molecule has 1 saturated carbocycles. The highest BCUT2D eigenvalue weighted by Gasteiger charge is 2.21. The summed E-state index contributed by atoms with van der Waals surface area (Å²) in [6.45, 7) is 0. The molecule has 0 amide bonds. The largest absolute Gasteiger partial charge is 0.327 e. The molecule has 2 unspecified atom stereocenters. The number of nitrogens with two attached hydrogens (primary N) is 1. The molecule has 1 nitrogen and oxygen atoms in total. The molecule has 1 aromatic rings. The summed E-state index contributed by atoms with van der Waals surface area (Å²) in [6.07, 6.45) is 7.64. The van der Waals surface area contributed by atoms with Crippen LogP contribution in [0, 0.1) is 5.92 Å². The lowest BCUT2D eigenvalue weighted by molar-refractivity contribution is 0.292. The van der Waals surface area contributed by atoms with Crippen LogP contribution in [-0.4, -0.2) is 6.04 Å². The second-order valence-electron chi connectivity index (χ2n) is 4.84. The normalized spacial score (nSPS) is 25.6. The van der Waals surface area contributed by atoms with Crippen LogP contribution in [0.2, 0.25) is 0 Å². The summed E-state index contributed by atoms with van der Waals surface area (Å²) in [5.41, 5.74) is 7.59. The highest BCUT2D eigenvalue weighted by atomic mass is 79.9. The lowest BCUT2D eigenvalue weighted by Gasteiger charge is -2.28. The van der Waals surface area contributed by atoms with Gasteiger partial charge in [-0.1, -0.05) is 47.0 Å². The summed E-state index contributed by atoms with van der Waals surface area (Å²) >= 11 is 3.61. The highest BCUT2D eigenvalue weighted by molar-refractivity contribution is 9.10. The highest BCUT2D eigenvalue weighted by Crippen LogP contribution is 2.28. The van der Waals surface area contributed by atoms with Gasteiger partial charge in [-0.2, -0.15) is 0 Å². The fraction of sp³-hybridized carbons (Fsp3) is 0.571. The Labute approximate surface area is 107 Å². The van der Waals surface area contributed by atoms with Crippen LogP contribution in [0.5, 0.6) is 0 Å². The van der Waals surface area contributed by atoms with Gasteiger partial charge < -0.3 is 5.73 Å². The van der Waals surface area contributed by atoms with E-state index in [1.54, 1.807) is 0 Å². The van der Waals surface area contributed by atoms with Gasteiger partial charge in [-0.3, -0.25) is 0 Å². The lowest BCUT2D eigenvalue weighted by Crippen LogP contribution is -2.33. The van der Waals surface area contributed by atoms with Crippen molar-refractivity contribution in [2.75, 3.05) is 0 Å². The van der Waals surface area contributed by atoms with Gasteiger partial charge in [0.15, 0.2) is 0 Å². The van der Waals surface area contributed by atoms with E-state index in [1.807, 2.05) is 0 Å². The van der Waals surface area contributed by atoms with E-state index in [9.17, 15) is 0 Å². The molecule has 1 aliphatic carbocycles. The molecule has 88 valence electrons. The molecule has 1 aromatic carbocycles. The summed E-state index contributed by atoms with van der Waals surface area (Å²) in [5.74, 6) is 0.737. The number of hydrogen-bond acceptors (Lipinski definition) is 1. The molecule has 0 bridgehead atoms. The van der Waals surface area contributed by atoms with Gasteiger partial charge in [0.25, 0.3) is 0 Å². The molecular formula is C14H20BrN. The summed E-state index contributed by atoms with van der Waals surface area (Å²) in [6, 6.07) is 8.95. The number of halogens is 1. The van der Waals surface area contributed by atoms with E-state index in [4.69, 9.17) is 5.73 Å². The first-order valence-corrected chi connectivity index (χ1v) is 7.05. The first kappa shape index (κ1) is 12.1. The maximum atomic E-state index is 6.17. The number of rotatable bonds is 3. The Balaban J connectivity index is 1.89. The summed E-state index contributed by atoms with van der Waals surface area (Å²) < 4.78 is 1.24. The molecule has 0 spiro atoms. The van der Waals surface area contributed by atoms with E-state index >= 15 is 0 Å². The maximum Gasteiger partial charge on any atom is 0.0207 e. The zero-order valence-corrected chi connectivity index (χ0v) is 11.2. The van der Waals surface area contributed by atoms with Crippen LogP contribution in [0.1, 0.15) is 37.7 Å². The van der Waals surface area contributed by atoms with Crippen molar-refractivity contribution in [2.24, 2.45) is 11.7 Å². The van der Waals surface area contributed by atoms with Crippen molar-refractivity contribution in [3.05, 3.63) is 34.3 Å². The zero-order chi connectivity index (χ0) is 11.4. The maximum absolute atomic E-state index is 6.17. The van der Waals surface area contributed by atoms with Gasteiger partial charge in [-0.25, -0.2) is 0 Å². The molecule has 0 radical (unpaired) electrons. The molecule has 2 rings (SSSR count). The Morgan fingerprint density at radius 1 is 1.19 bits per heavy atom. The molecular weight excluding hydrogens is 262 g/mol. The minimum absolute atomic E-state index is 0.441. The van der Waals surface area contributed by atoms with Crippen molar-refractivity contribution >= 4 is 15.9 Å². The predicted molar refractivity (Wildman–Crippen MR) is 72.4 cm³/mol. The van der Waals surface area contributed by atoms with Gasteiger partial charge in [-0.05, 0) is 43.2 Å². The lowest BCUT2D eigenvalue weighted by atomic mass is 9.81. The van der Waals surface area contributed by atoms with Gasteiger partial charge in [0.2, 0.25) is 0 Å². The molecule has 1 fully saturated rings. The van der Waals surface area contributed by atoms with E-state index in [1.165, 1.54) is 42.1 Å². The second kappa shape index (κ2) is 5.83. The minimum Gasteiger partial charge on any atom is -0.327 e. The first-order chi connectivity index (χ1) is 7.77. The SMILES string of the molecule is NC1CCCCC1CCc1ccccc1Br. The molecule has 16 heavy (non-hydrogen) atoms. The quantitative estimate of drug-likeness (QED) is 0.894. The molecule has 0 saturated heterocycles. The van der Waals surface area contributed by atoms with Crippen molar-refractivity contribution < 1.29 is 0 Å². The van der Waals surface area contributed by atoms with Crippen molar-refractivity contribution in [2.45, 2.75) is 44.6 Å². The van der Waals surface area contributed by atoms with Gasteiger partial charge in [0.05, 0.1) is 0 Å². The number of benzene rings is 1. The molecule has 0 aromatic heterocycles. The van der Waals surface area contributed by atoms with Crippen LogP contribution in [0.3, 0.4) is 0 Å². The van der Waals surface area contributed by atoms with E-state index in [-0.39, 0.29) is 0 Å². The van der Waals surface area contributed by atoms with Crippen molar-refractivity contribution in [1.82, 2.24) is 0 Å². The fourth-order valence-corrected chi connectivity index (χ4v) is 3.12. The third kappa shape index (κ3) is 3.08. The Morgan fingerprint density at radius 2 is 1.94 bits per heavy atom. The fourth-order valence-electron chi connectivity index (χ4n) is 2.64. The molecule has 1 aliphatic rings. The Bertz CT molecular complexity index is 337. The average molecular weight is 282 g/mol. The van der Waals surface area contributed by atoms with Crippen LogP contribution < -0.4 is 5.73 Å². The van der Waals surface area contributed by atoms with Gasteiger partial charge >= 0.3 is 0 Å². The van der Waals surface area contributed by atoms with Gasteiger partial charge in [-0.15, -0.1) is 0 Å². The molecule has 0 aliphatic heterocycles. The molecule has 2 heteroatoms. The Kier molecular flexibility index (Phi) is 4.42. The number of aryl methyl sites for hydroxylation is 1. The summed E-state index contributed by atoms with van der Waals surface area (Å²) in [5, 5.41) is 0. The zero-order valence-electron chi connectivity index (χ0n) is 9.66. The van der Waals surface area contributed by atoms with Crippen LogP contribution in [0.4, 0.5) is 0 Å². The van der Waals surface area contributed by atoms with Crippen molar-refractivity contribution in [1.29, 1.82) is 0 Å². The second-order valence-corrected chi connectivity index (χ2v) is 5.69. The molecule has 2 N–H and O–H groups in total. The smallest absolute Gasteiger partial charge is 0.0207 e. The van der Waals surface area contributed by atoms with Crippen molar-refractivity contribution in [3.63, 3.8) is 0 Å². The third-order valence-corrected chi connectivity index (χ3v) is 4.48. The van der Waals surface area contributed by atoms with Crippen molar-refractivity contribution in [3.8, 4) is 0 Å². The van der Waals surface area contributed by atoms with Gasteiger partial charge in [0.1, 0.15) is 0 Å². The Morgan fingerprint density at radius 3 is 2.69 bits per heavy atom. The van der Waals surface area contributed by atoms with Crippen LogP contribution in [-0.2, 0) is 6.42 Å². The first-order valence-electron chi connectivity index (χ1n) is 6.26. The van der Waals surface area contributed by atoms with E-state index in [0.717, 1.165) is 12.3 Å². The minimum atomic E-state index is 0.441. The Hall–Kier alpha value is -0.340. The monoisotopic (exact) mass is 281 g/mol. The third-order valence-electron chi connectivity index (χ3n) is 3.71. The van der Waals surface area contributed by atoms with Gasteiger partial charge in [0, 0.05) is 10.5 Å². The molecule has 2 atom stereocenters. The summed E-state index contributed by atoms with van der Waals surface area (Å²) in [7, 11) is 0. The standard InChI is InChI=1S/C14H20BrN/c15-13-7-3-1-5-11(13)9-10-12-6-2-4-8-14(12)16/h1,3,5,7,12,14H,2,4,6,8-10,16H2. The van der Waals surface area contributed by atoms with E-state index in [0.29, 0.717) is 6.04 Å². The molecule has 0 heterocycles. The average Bonchev–Trinajstić information content (AvgIpc) is 2.30. The van der Waals surface area contributed by atoms with E-state index in [2.05, 4.69) is 40.2 Å².